The highest BCUT2D eigenvalue weighted by molar-refractivity contribution is 6.03. The van der Waals surface area contributed by atoms with E-state index >= 15 is 0 Å². The molecule has 148 valence electrons. The molecule has 6 heteroatoms. The van der Waals surface area contributed by atoms with Crippen molar-refractivity contribution < 1.29 is 14.3 Å². The van der Waals surface area contributed by atoms with E-state index in [-0.39, 0.29) is 40.5 Å². The molecule has 1 saturated heterocycles. The summed E-state index contributed by atoms with van der Waals surface area (Å²) in [5.41, 5.74) is 0.722. The van der Waals surface area contributed by atoms with E-state index in [0.29, 0.717) is 17.4 Å². The van der Waals surface area contributed by atoms with Gasteiger partial charge in [-0.1, -0.05) is 39.0 Å². The number of carbonyl (C=O) groups is 2. The fraction of sp³-hybridized carbons (Fsp3) is 0.500. The Hall–Kier alpha value is -2.63. The zero-order valence-corrected chi connectivity index (χ0v) is 16.6. The second kappa shape index (κ2) is 6.47. The molecule has 0 unspecified atom stereocenters. The zero-order valence-electron chi connectivity index (χ0n) is 16.6. The van der Waals surface area contributed by atoms with E-state index in [9.17, 15) is 14.4 Å². The van der Waals surface area contributed by atoms with E-state index < -0.39 is 5.97 Å². The molecule has 2 atom stereocenters. The number of likely N-dealkylation sites (tertiary alicyclic amines) is 1. The van der Waals surface area contributed by atoms with Crippen molar-refractivity contribution in [3.63, 3.8) is 0 Å². The van der Waals surface area contributed by atoms with Crippen LogP contribution in [0, 0.1) is 10.8 Å². The summed E-state index contributed by atoms with van der Waals surface area (Å²) < 4.78 is 5.32. The SMILES string of the molecule is CC1(C)C[C@H]2C[C@](C)(CN2C(=O)COC(=O)c2cc(=O)[nH]c3ccccc23)C1. The molecule has 0 spiro atoms. The van der Waals surface area contributed by atoms with Crippen LogP contribution >= 0.6 is 0 Å². The second-order valence-electron chi connectivity index (χ2n) is 9.40. The summed E-state index contributed by atoms with van der Waals surface area (Å²) in [6.45, 7) is 7.16. The molecule has 2 bridgehead atoms. The minimum atomic E-state index is -0.649. The number of hydrogen-bond acceptors (Lipinski definition) is 4. The van der Waals surface area contributed by atoms with Crippen LogP contribution in [0.25, 0.3) is 10.9 Å². The first-order chi connectivity index (χ1) is 13.2. The predicted octanol–water partition coefficient (Wildman–Crippen LogP) is 3.11. The first-order valence-corrected chi connectivity index (χ1v) is 9.75. The summed E-state index contributed by atoms with van der Waals surface area (Å²) in [5, 5.41) is 0.603. The van der Waals surface area contributed by atoms with E-state index in [4.69, 9.17) is 4.74 Å². The summed E-state index contributed by atoms with van der Waals surface area (Å²) >= 11 is 0. The molecular weight excluding hydrogens is 356 g/mol. The lowest BCUT2D eigenvalue weighted by Gasteiger charge is -2.39. The van der Waals surface area contributed by atoms with Crippen molar-refractivity contribution in [2.45, 2.75) is 46.1 Å². The van der Waals surface area contributed by atoms with Crippen molar-refractivity contribution in [1.29, 1.82) is 0 Å². The third kappa shape index (κ3) is 3.43. The smallest absolute Gasteiger partial charge is 0.339 e. The fourth-order valence-corrected chi connectivity index (χ4v) is 5.41. The van der Waals surface area contributed by atoms with Gasteiger partial charge in [-0.25, -0.2) is 4.79 Å². The average Bonchev–Trinajstić information content (AvgIpc) is 2.87. The molecule has 1 amide bonds. The van der Waals surface area contributed by atoms with Gasteiger partial charge in [0.1, 0.15) is 0 Å². The third-order valence-electron chi connectivity index (χ3n) is 6.03. The number of benzene rings is 1. The largest absolute Gasteiger partial charge is 0.452 e. The summed E-state index contributed by atoms with van der Waals surface area (Å²) in [6.07, 6.45) is 3.08. The van der Waals surface area contributed by atoms with E-state index in [1.165, 1.54) is 6.07 Å². The Bertz CT molecular complexity index is 1010. The van der Waals surface area contributed by atoms with Crippen LogP contribution in [-0.2, 0) is 9.53 Å². The first kappa shape index (κ1) is 18.7. The van der Waals surface area contributed by atoms with Crippen molar-refractivity contribution >= 4 is 22.8 Å². The summed E-state index contributed by atoms with van der Waals surface area (Å²) in [4.78, 5) is 41.8. The fourth-order valence-electron chi connectivity index (χ4n) is 5.41. The first-order valence-electron chi connectivity index (χ1n) is 9.75. The van der Waals surface area contributed by atoms with Crippen LogP contribution in [0.3, 0.4) is 0 Å². The number of ether oxygens (including phenoxy) is 1. The van der Waals surface area contributed by atoms with Gasteiger partial charge in [-0.3, -0.25) is 9.59 Å². The Morgan fingerprint density at radius 1 is 1.21 bits per heavy atom. The van der Waals surface area contributed by atoms with E-state index in [0.717, 1.165) is 19.3 Å². The minimum Gasteiger partial charge on any atom is -0.452 e. The molecule has 0 radical (unpaired) electrons. The number of amides is 1. The molecule has 1 aromatic heterocycles. The highest BCUT2D eigenvalue weighted by Gasteiger charge is 2.50. The van der Waals surface area contributed by atoms with E-state index in [2.05, 4.69) is 25.8 Å². The lowest BCUT2D eigenvalue weighted by molar-refractivity contribution is -0.135. The number of esters is 1. The Morgan fingerprint density at radius 3 is 2.75 bits per heavy atom. The van der Waals surface area contributed by atoms with Crippen molar-refractivity contribution in [2.75, 3.05) is 13.2 Å². The summed E-state index contributed by atoms with van der Waals surface area (Å²) in [7, 11) is 0. The maximum Gasteiger partial charge on any atom is 0.339 e. The Labute approximate surface area is 163 Å². The summed E-state index contributed by atoms with van der Waals surface area (Å²) in [5.74, 6) is -0.807. The number of hydrogen-bond donors (Lipinski definition) is 1. The highest BCUT2D eigenvalue weighted by Crippen LogP contribution is 2.52. The number of aromatic nitrogens is 1. The highest BCUT2D eigenvalue weighted by atomic mass is 16.5. The van der Waals surface area contributed by atoms with E-state index in [1.54, 1.807) is 24.3 Å². The molecule has 1 saturated carbocycles. The van der Waals surface area contributed by atoms with Gasteiger partial charge in [0, 0.05) is 29.6 Å². The molecule has 2 aromatic rings. The van der Waals surface area contributed by atoms with Crippen LogP contribution in [0.2, 0.25) is 0 Å². The van der Waals surface area contributed by atoms with Crippen molar-refractivity contribution in [3.05, 3.63) is 46.2 Å². The number of fused-ring (bicyclic) bond motifs is 3. The number of aromatic amines is 1. The van der Waals surface area contributed by atoms with Crippen LogP contribution in [0.1, 0.15) is 50.4 Å². The topological polar surface area (TPSA) is 79.5 Å². The number of nitrogens with one attached hydrogen (secondary N) is 1. The van der Waals surface area contributed by atoms with Crippen molar-refractivity contribution in [3.8, 4) is 0 Å². The molecule has 4 rings (SSSR count). The second-order valence-corrected chi connectivity index (χ2v) is 9.40. The van der Waals surface area contributed by atoms with Gasteiger partial charge < -0.3 is 14.6 Å². The molecule has 6 nitrogen and oxygen atoms in total. The Morgan fingerprint density at radius 2 is 1.96 bits per heavy atom. The van der Waals surface area contributed by atoms with Crippen LogP contribution in [-0.4, -0.2) is 41.0 Å². The molecule has 2 fully saturated rings. The van der Waals surface area contributed by atoms with Gasteiger partial charge in [0.15, 0.2) is 6.61 Å². The van der Waals surface area contributed by atoms with E-state index in [1.807, 2.05) is 4.90 Å². The number of H-pyrrole nitrogens is 1. The molecule has 1 aliphatic heterocycles. The minimum absolute atomic E-state index is 0.134. The van der Waals surface area contributed by atoms with Crippen LogP contribution in [0.15, 0.2) is 35.1 Å². The molecule has 1 aromatic carbocycles. The number of pyridine rings is 1. The molecule has 2 heterocycles. The molecular formula is C22H26N2O4. The van der Waals surface area contributed by atoms with Gasteiger partial charge in [-0.05, 0) is 36.2 Å². The van der Waals surface area contributed by atoms with Gasteiger partial charge >= 0.3 is 5.97 Å². The Balaban J connectivity index is 1.48. The Kier molecular flexibility index (Phi) is 4.32. The lowest BCUT2D eigenvalue weighted by atomic mass is 9.65. The average molecular weight is 382 g/mol. The van der Waals surface area contributed by atoms with Gasteiger partial charge in [0.05, 0.1) is 5.56 Å². The van der Waals surface area contributed by atoms with Crippen LogP contribution < -0.4 is 5.56 Å². The van der Waals surface area contributed by atoms with Crippen molar-refractivity contribution in [2.24, 2.45) is 10.8 Å². The molecule has 28 heavy (non-hydrogen) atoms. The normalized spacial score (nSPS) is 25.7. The zero-order chi connectivity index (χ0) is 20.1. The van der Waals surface area contributed by atoms with Gasteiger partial charge in [0.2, 0.25) is 5.56 Å². The number of rotatable bonds is 3. The maximum absolute atomic E-state index is 12.8. The standard InChI is InChI=1S/C22H26N2O4/c1-21(2)9-14-10-22(3,12-21)13-24(14)19(26)11-28-20(27)16-8-18(25)23-17-7-5-4-6-15(16)17/h4-8,14H,9-13H2,1-3H3,(H,23,25)/t14-,22-/m0/s1. The molecule has 1 N–H and O–H groups in total. The maximum atomic E-state index is 12.8. The lowest BCUT2D eigenvalue weighted by Crippen LogP contribution is -2.39. The monoisotopic (exact) mass is 382 g/mol. The van der Waals surface area contributed by atoms with Gasteiger partial charge in [-0.15, -0.1) is 0 Å². The molecule has 1 aliphatic carbocycles. The number of para-hydroxylation sites is 1. The van der Waals surface area contributed by atoms with Crippen LogP contribution in [0.4, 0.5) is 0 Å². The molecule has 2 aliphatic rings. The quantitative estimate of drug-likeness (QED) is 0.827. The van der Waals surface area contributed by atoms with Gasteiger partial charge in [-0.2, -0.15) is 0 Å². The number of carbonyl (C=O) groups excluding carboxylic acids is 2. The predicted molar refractivity (Wildman–Crippen MR) is 106 cm³/mol. The van der Waals surface area contributed by atoms with Crippen LogP contribution in [0.5, 0.6) is 0 Å². The van der Waals surface area contributed by atoms with Crippen molar-refractivity contribution in [1.82, 2.24) is 9.88 Å². The third-order valence-corrected chi connectivity index (χ3v) is 6.03. The number of nitrogens with zero attached hydrogens (tertiary/aromatic N) is 1. The van der Waals surface area contributed by atoms with Gasteiger partial charge in [0.25, 0.3) is 5.91 Å². The summed E-state index contributed by atoms with van der Waals surface area (Å²) in [6, 6.07) is 8.48.